The first-order valence-corrected chi connectivity index (χ1v) is 7.23. The monoisotopic (exact) mass is 318 g/mol. The lowest BCUT2D eigenvalue weighted by molar-refractivity contribution is -0.147. The van der Waals surface area contributed by atoms with E-state index in [1.165, 1.54) is 18.0 Å². The fourth-order valence-corrected chi connectivity index (χ4v) is 2.52. The number of carboxylic acid groups (broad SMARTS) is 1. The number of Topliss-reactive ketones (excluding diaryl/α,β-unsaturated/α-hetero) is 1. The second-order valence-electron chi connectivity index (χ2n) is 5.27. The lowest BCUT2D eigenvalue weighted by atomic mass is 10.1. The van der Waals surface area contributed by atoms with Gasteiger partial charge in [-0.15, -0.1) is 0 Å². The van der Waals surface area contributed by atoms with Crippen LogP contribution in [0.1, 0.15) is 25.3 Å². The predicted octanol–water partition coefficient (Wildman–Crippen LogP) is 0.526. The van der Waals surface area contributed by atoms with E-state index in [0.29, 0.717) is 24.9 Å². The SMILES string of the molecule is CC(=O)C(=N)c1cccnc1NCC(=O)N1CCC[C@H]1C(=O)O. The zero-order chi connectivity index (χ0) is 17.0. The summed E-state index contributed by atoms with van der Waals surface area (Å²) in [7, 11) is 0. The van der Waals surface area contributed by atoms with Crippen LogP contribution in [0, 0.1) is 5.41 Å². The first-order valence-electron chi connectivity index (χ1n) is 7.23. The van der Waals surface area contributed by atoms with Crippen molar-refractivity contribution in [3.05, 3.63) is 23.9 Å². The predicted molar refractivity (Wildman–Crippen MR) is 82.6 cm³/mol. The molecule has 0 unspecified atom stereocenters. The molecule has 1 aliphatic heterocycles. The molecule has 0 radical (unpaired) electrons. The highest BCUT2D eigenvalue weighted by Crippen LogP contribution is 2.18. The lowest BCUT2D eigenvalue weighted by Crippen LogP contribution is -2.43. The molecule has 8 heteroatoms. The van der Waals surface area contributed by atoms with E-state index in [4.69, 9.17) is 10.5 Å². The fraction of sp³-hybridized carbons (Fsp3) is 0.400. The molecule has 1 fully saturated rings. The molecule has 23 heavy (non-hydrogen) atoms. The number of hydrogen-bond acceptors (Lipinski definition) is 6. The van der Waals surface area contributed by atoms with E-state index in [0.717, 1.165) is 0 Å². The summed E-state index contributed by atoms with van der Waals surface area (Å²) in [5, 5.41) is 19.7. The number of ketones is 1. The third-order valence-corrected chi connectivity index (χ3v) is 3.69. The Balaban J connectivity index is 2.07. The zero-order valence-corrected chi connectivity index (χ0v) is 12.7. The van der Waals surface area contributed by atoms with Gasteiger partial charge in [-0.1, -0.05) is 0 Å². The van der Waals surface area contributed by atoms with Crippen LogP contribution >= 0.6 is 0 Å². The normalized spacial score (nSPS) is 16.9. The molecule has 1 aliphatic rings. The van der Waals surface area contributed by atoms with Gasteiger partial charge < -0.3 is 15.3 Å². The summed E-state index contributed by atoms with van der Waals surface area (Å²) in [6.07, 6.45) is 2.59. The van der Waals surface area contributed by atoms with Gasteiger partial charge in [-0.25, -0.2) is 9.78 Å². The Bertz CT molecular complexity index is 659. The molecule has 1 amide bonds. The largest absolute Gasteiger partial charge is 0.480 e. The highest BCUT2D eigenvalue weighted by atomic mass is 16.4. The van der Waals surface area contributed by atoms with Crippen molar-refractivity contribution in [1.29, 1.82) is 5.41 Å². The number of likely N-dealkylation sites (tertiary alicyclic amines) is 1. The van der Waals surface area contributed by atoms with E-state index in [1.54, 1.807) is 12.1 Å². The number of carbonyl (C=O) groups is 3. The summed E-state index contributed by atoms with van der Waals surface area (Å²) < 4.78 is 0. The summed E-state index contributed by atoms with van der Waals surface area (Å²) in [6, 6.07) is 2.38. The molecule has 3 N–H and O–H groups in total. The maximum atomic E-state index is 12.2. The zero-order valence-electron chi connectivity index (χ0n) is 12.7. The van der Waals surface area contributed by atoms with Gasteiger partial charge in [0.15, 0.2) is 5.78 Å². The number of hydrogen-bond donors (Lipinski definition) is 3. The summed E-state index contributed by atoms with van der Waals surface area (Å²) >= 11 is 0. The third-order valence-electron chi connectivity index (χ3n) is 3.69. The lowest BCUT2D eigenvalue weighted by Gasteiger charge is -2.22. The molecule has 0 saturated carbocycles. The smallest absolute Gasteiger partial charge is 0.326 e. The van der Waals surface area contributed by atoms with E-state index in [-0.39, 0.29) is 24.0 Å². The fourth-order valence-electron chi connectivity index (χ4n) is 2.52. The van der Waals surface area contributed by atoms with E-state index >= 15 is 0 Å². The van der Waals surface area contributed by atoms with Crippen LogP contribution in [0.25, 0.3) is 0 Å². The molecule has 2 rings (SSSR count). The maximum absolute atomic E-state index is 12.2. The summed E-state index contributed by atoms with van der Waals surface area (Å²) in [5.41, 5.74) is 0.113. The number of amides is 1. The minimum absolute atomic E-state index is 0.140. The molecule has 1 aromatic heterocycles. The van der Waals surface area contributed by atoms with Crippen LogP contribution in [0.4, 0.5) is 5.82 Å². The molecule has 0 aliphatic carbocycles. The molecule has 8 nitrogen and oxygen atoms in total. The number of nitrogens with one attached hydrogen (secondary N) is 2. The number of anilines is 1. The van der Waals surface area contributed by atoms with E-state index in [1.807, 2.05) is 0 Å². The molecule has 0 spiro atoms. The van der Waals surface area contributed by atoms with Crippen LogP contribution in [0.2, 0.25) is 0 Å². The number of carboxylic acids is 1. The van der Waals surface area contributed by atoms with Gasteiger partial charge >= 0.3 is 5.97 Å². The molecule has 1 aromatic rings. The topological polar surface area (TPSA) is 123 Å². The molecular formula is C15H18N4O4. The van der Waals surface area contributed by atoms with Crippen molar-refractivity contribution in [2.75, 3.05) is 18.4 Å². The van der Waals surface area contributed by atoms with Crippen molar-refractivity contribution in [1.82, 2.24) is 9.88 Å². The minimum Gasteiger partial charge on any atom is -0.480 e. The van der Waals surface area contributed by atoms with Crippen molar-refractivity contribution in [2.45, 2.75) is 25.8 Å². The average Bonchev–Trinajstić information content (AvgIpc) is 3.02. The Hall–Kier alpha value is -2.77. The molecule has 1 atom stereocenters. The van der Waals surface area contributed by atoms with Gasteiger partial charge in [-0.2, -0.15) is 0 Å². The Kier molecular flexibility index (Phi) is 5.05. The van der Waals surface area contributed by atoms with Crippen LogP contribution in [-0.2, 0) is 14.4 Å². The third kappa shape index (κ3) is 3.71. The number of rotatable bonds is 6. The molecule has 0 bridgehead atoms. The Morgan fingerprint density at radius 1 is 1.48 bits per heavy atom. The maximum Gasteiger partial charge on any atom is 0.326 e. The molecular weight excluding hydrogens is 300 g/mol. The number of nitrogens with zero attached hydrogens (tertiary/aromatic N) is 2. The van der Waals surface area contributed by atoms with Gasteiger partial charge in [0.2, 0.25) is 5.91 Å². The first-order chi connectivity index (χ1) is 10.9. The second-order valence-corrected chi connectivity index (χ2v) is 5.27. The van der Waals surface area contributed by atoms with Gasteiger partial charge in [-0.3, -0.25) is 15.0 Å². The summed E-state index contributed by atoms with van der Waals surface area (Å²) in [6.45, 7) is 1.56. The van der Waals surface area contributed by atoms with Gasteiger partial charge in [0, 0.05) is 25.2 Å². The standard InChI is InChI=1S/C15H18N4O4/c1-9(20)13(16)10-4-2-6-17-14(10)18-8-12(21)19-7-3-5-11(19)15(22)23/h2,4,6,11,16H,3,5,7-8H2,1H3,(H,17,18)(H,22,23)/t11-/m0/s1. The Labute approximate surface area is 133 Å². The van der Waals surface area contributed by atoms with Crippen molar-refractivity contribution >= 4 is 29.2 Å². The Morgan fingerprint density at radius 2 is 2.22 bits per heavy atom. The second kappa shape index (κ2) is 6.99. The van der Waals surface area contributed by atoms with Crippen molar-refractivity contribution in [2.24, 2.45) is 0 Å². The van der Waals surface area contributed by atoms with Crippen molar-refractivity contribution in [3.8, 4) is 0 Å². The van der Waals surface area contributed by atoms with E-state index < -0.39 is 17.8 Å². The highest BCUT2D eigenvalue weighted by molar-refractivity contribution is 6.45. The molecule has 2 heterocycles. The van der Waals surface area contributed by atoms with Crippen molar-refractivity contribution < 1.29 is 19.5 Å². The number of aromatic nitrogens is 1. The Morgan fingerprint density at radius 3 is 2.87 bits per heavy atom. The van der Waals surface area contributed by atoms with Crippen LogP contribution in [0.5, 0.6) is 0 Å². The van der Waals surface area contributed by atoms with E-state index in [9.17, 15) is 14.4 Å². The quantitative estimate of drug-likeness (QED) is 0.657. The van der Waals surface area contributed by atoms with Crippen molar-refractivity contribution in [3.63, 3.8) is 0 Å². The minimum atomic E-state index is -1.01. The molecule has 0 aromatic carbocycles. The van der Waals surface area contributed by atoms with E-state index in [2.05, 4.69) is 10.3 Å². The highest BCUT2D eigenvalue weighted by Gasteiger charge is 2.33. The molecule has 1 saturated heterocycles. The number of pyridine rings is 1. The summed E-state index contributed by atoms with van der Waals surface area (Å²) in [5.74, 6) is -1.50. The number of carbonyl (C=O) groups excluding carboxylic acids is 2. The first kappa shape index (κ1) is 16.6. The summed E-state index contributed by atoms with van der Waals surface area (Å²) in [4.78, 5) is 40.0. The van der Waals surface area contributed by atoms with Gasteiger partial charge in [0.1, 0.15) is 17.6 Å². The van der Waals surface area contributed by atoms with Gasteiger partial charge in [0.05, 0.1) is 6.54 Å². The van der Waals surface area contributed by atoms with Crippen LogP contribution in [0.15, 0.2) is 18.3 Å². The van der Waals surface area contributed by atoms with Gasteiger partial charge in [-0.05, 0) is 25.0 Å². The van der Waals surface area contributed by atoms with Crippen LogP contribution < -0.4 is 5.32 Å². The van der Waals surface area contributed by atoms with Crippen LogP contribution in [0.3, 0.4) is 0 Å². The van der Waals surface area contributed by atoms with Gasteiger partial charge in [0.25, 0.3) is 0 Å². The van der Waals surface area contributed by atoms with Crippen LogP contribution in [-0.4, -0.2) is 57.5 Å². The average molecular weight is 318 g/mol. The number of aliphatic carboxylic acids is 1. The molecule has 122 valence electrons.